The Morgan fingerprint density at radius 1 is 0.542 bits per heavy atom. The molecule has 2 N–H and O–H groups in total. The second-order valence-corrected chi connectivity index (χ2v) is 12.0. The van der Waals surface area contributed by atoms with Crippen LogP contribution in [0.15, 0.2) is 181 Å². The highest BCUT2D eigenvalue weighted by molar-refractivity contribution is 6.18. The Hall–Kier alpha value is -6.32. The molecule has 0 saturated heterocycles. The van der Waals surface area contributed by atoms with E-state index in [-0.39, 0.29) is 0 Å². The van der Waals surface area contributed by atoms with Crippen molar-refractivity contribution in [1.82, 2.24) is 4.98 Å². The first kappa shape index (κ1) is 29.1. The molecular weight excluding hydrogens is 583 g/mol. The van der Waals surface area contributed by atoms with Gasteiger partial charge in [0.25, 0.3) is 0 Å². The van der Waals surface area contributed by atoms with E-state index in [1.807, 2.05) is 18.3 Å². The molecule has 0 atom stereocenters. The summed E-state index contributed by atoms with van der Waals surface area (Å²) in [5, 5.41) is 5.71. The molecule has 0 aliphatic rings. The first-order chi connectivity index (χ1) is 23.7. The Morgan fingerprint density at radius 3 is 2.06 bits per heavy atom. The summed E-state index contributed by atoms with van der Waals surface area (Å²) in [6.45, 7) is 0. The van der Waals surface area contributed by atoms with E-state index < -0.39 is 0 Å². The van der Waals surface area contributed by atoms with Crippen molar-refractivity contribution in [3.05, 3.63) is 193 Å². The van der Waals surface area contributed by atoms with Gasteiger partial charge in [-0.05, 0) is 86.1 Å². The average molecular weight is 616 g/mol. The zero-order valence-corrected chi connectivity index (χ0v) is 26.4. The lowest BCUT2D eigenvalue weighted by Crippen LogP contribution is -2.14. The quantitative estimate of drug-likeness (QED) is 0.110. The van der Waals surface area contributed by atoms with Crippen molar-refractivity contribution < 1.29 is 0 Å². The number of pyridine rings is 1. The molecule has 0 radical (unpaired) electrons. The third-order valence-electron chi connectivity index (χ3n) is 8.97. The summed E-state index contributed by atoms with van der Waals surface area (Å²) in [6, 6.07) is 57.3. The van der Waals surface area contributed by atoms with Gasteiger partial charge in [0.2, 0.25) is 0 Å². The smallest absolute Gasteiger partial charge is 0.132 e. The third-order valence-corrected chi connectivity index (χ3v) is 8.97. The molecule has 0 spiro atoms. The molecule has 0 aliphatic carbocycles. The summed E-state index contributed by atoms with van der Waals surface area (Å²) in [5.74, 6) is 0.491. The van der Waals surface area contributed by atoms with Crippen LogP contribution < -0.4 is 5.73 Å². The Kier molecular flexibility index (Phi) is 7.77. The van der Waals surface area contributed by atoms with Crippen LogP contribution in [-0.4, -0.2) is 10.8 Å². The zero-order valence-electron chi connectivity index (χ0n) is 26.4. The van der Waals surface area contributed by atoms with E-state index in [0.717, 1.165) is 49.6 Å². The molecular formula is C45H33N3. The third kappa shape index (κ3) is 5.86. The number of aromatic nitrogens is 1. The van der Waals surface area contributed by atoms with Gasteiger partial charge in [0.05, 0.1) is 11.2 Å². The second kappa shape index (κ2) is 12.8. The second-order valence-electron chi connectivity index (χ2n) is 12.0. The maximum atomic E-state index is 6.96. The number of fused-ring (bicyclic) bond motifs is 4. The zero-order chi connectivity index (χ0) is 32.3. The fourth-order valence-corrected chi connectivity index (χ4v) is 6.48. The van der Waals surface area contributed by atoms with Crippen LogP contribution >= 0.6 is 0 Å². The molecule has 8 aromatic rings. The molecule has 48 heavy (non-hydrogen) atoms. The molecule has 3 nitrogen and oxygen atoms in total. The number of allylic oxidation sites excluding steroid dienone is 1. The van der Waals surface area contributed by atoms with Crippen LogP contribution in [0.4, 0.5) is 0 Å². The molecule has 1 heterocycles. The number of aliphatic imine (C=N–C) groups is 1. The van der Waals surface area contributed by atoms with Crippen LogP contribution in [0.2, 0.25) is 0 Å². The van der Waals surface area contributed by atoms with E-state index >= 15 is 0 Å². The normalized spacial score (nSPS) is 12.2. The number of nitrogens with two attached hydrogens (primary N) is 1. The van der Waals surface area contributed by atoms with Gasteiger partial charge in [-0.2, -0.15) is 0 Å². The molecule has 7 aromatic carbocycles. The van der Waals surface area contributed by atoms with Gasteiger partial charge in [0.1, 0.15) is 5.84 Å². The highest BCUT2D eigenvalue weighted by atomic mass is 14.9. The van der Waals surface area contributed by atoms with E-state index in [2.05, 4.69) is 163 Å². The van der Waals surface area contributed by atoms with Crippen LogP contribution in [-0.2, 0) is 6.42 Å². The van der Waals surface area contributed by atoms with Crippen molar-refractivity contribution in [3.8, 4) is 22.3 Å². The van der Waals surface area contributed by atoms with E-state index in [9.17, 15) is 0 Å². The number of hydrogen-bond donors (Lipinski definition) is 1. The number of benzene rings is 7. The Balaban J connectivity index is 1.22. The van der Waals surface area contributed by atoms with Gasteiger partial charge in [-0.25, -0.2) is 4.99 Å². The summed E-state index contributed by atoms with van der Waals surface area (Å²) >= 11 is 0. The van der Waals surface area contributed by atoms with Crippen molar-refractivity contribution in [2.45, 2.75) is 6.42 Å². The summed E-state index contributed by atoms with van der Waals surface area (Å²) in [7, 11) is 0. The van der Waals surface area contributed by atoms with Crippen LogP contribution in [0.5, 0.6) is 0 Å². The van der Waals surface area contributed by atoms with Crippen molar-refractivity contribution in [3.63, 3.8) is 0 Å². The summed E-state index contributed by atoms with van der Waals surface area (Å²) in [4.78, 5) is 9.68. The standard InChI is InChI=1S/C45H33N3/c46-45(42-30-36-12-4-5-16-39(36)40-17-6-7-18-41(40)42)48-44(25-21-31-19-22-33(23-20-31)32-10-2-1-3-11-32)38-14-8-13-34(28-38)35-24-26-43-37(29-35)15-9-27-47-43/h1-20,22-30H,21H2,(H2,46,48)/b44-25-. The monoisotopic (exact) mass is 615 g/mol. The topological polar surface area (TPSA) is 51.3 Å². The minimum atomic E-state index is 0.491. The fraction of sp³-hybridized carbons (Fsp3) is 0.0222. The lowest BCUT2D eigenvalue weighted by atomic mass is 9.96. The van der Waals surface area contributed by atoms with Gasteiger partial charge in [0, 0.05) is 22.7 Å². The van der Waals surface area contributed by atoms with Gasteiger partial charge in [-0.15, -0.1) is 0 Å². The highest BCUT2D eigenvalue weighted by Crippen LogP contribution is 2.31. The van der Waals surface area contributed by atoms with Gasteiger partial charge in [-0.1, -0.05) is 140 Å². The highest BCUT2D eigenvalue weighted by Gasteiger charge is 2.12. The molecule has 8 rings (SSSR count). The van der Waals surface area contributed by atoms with Crippen LogP contribution in [0, 0.1) is 0 Å². The lowest BCUT2D eigenvalue weighted by molar-refractivity contribution is 1.26. The van der Waals surface area contributed by atoms with Crippen molar-refractivity contribution in [1.29, 1.82) is 0 Å². The summed E-state index contributed by atoms with van der Waals surface area (Å²) < 4.78 is 0. The minimum Gasteiger partial charge on any atom is -0.383 e. The SMILES string of the molecule is N/C(=N\C(=C/Cc1ccc(-c2ccccc2)cc1)c1cccc(-c2ccc3ncccc3c2)c1)c1cc2ccccc2c2ccccc12. The lowest BCUT2D eigenvalue weighted by Gasteiger charge is -2.12. The van der Waals surface area contributed by atoms with Crippen molar-refractivity contribution in [2.24, 2.45) is 10.7 Å². The molecule has 3 heteroatoms. The van der Waals surface area contributed by atoms with Gasteiger partial charge in [-0.3, -0.25) is 4.98 Å². The van der Waals surface area contributed by atoms with Crippen molar-refractivity contribution >= 4 is 44.0 Å². The first-order valence-electron chi connectivity index (χ1n) is 16.2. The number of nitrogens with zero attached hydrogens (tertiary/aromatic N) is 2. The number of hydrogen-bond acceptors (Lipinski definition) is 2. The van der Waals surface area contributed by atoms with E-state index in [1.165, 1.54) is 27.5 Å². The Labute approximate surface area is 280 Å². The maximum Gasteiger partial charge on any atom is 0.132 e. The fourth-order valence-electron chi connectivity index (χ4n) is 6.48. The first-order valence-corrected chi connectivity index (χ1v) is 16.2. The van der Waals surface area contributed by atoms with E-state index in [4.69, 9.17) is 10.7 Å². The molecule has 0 bridgehead atoms. The van der Waals surface area contributed by atoms with Gasteiger partial charge in [0.15, 0.2) is 0 Å². The molecule has 1 aromatic heterocycles. The van der Waals surface area contributed by atoms with E-state index in [0.29, 0.717) is 12.3 Å². The molecule has 0 aliphatic heterocycles. The van der Waals surface area contributed by atoms with Gasteiger partial charge < -0.3 is 5.73 Å². The number of amidine groups is 1. The maximum absolute atomic E-state index is 6.96. The molecule has 0 amide bonds. The molecule has 0 unspecified atom stereocenters. The predicted molar refractivity (Wildman–Crippen MR) is 203 cm³/mol. The largest absolute Gasteiger partial charge is 0.383 e. The molecule has 0 fully saturated rings. The summed E-state index contributed by atoms with van der Waals surface area (Å²) in [5.41, 5.74) is 16.6. The van der Waals surface area contributed by atoms with E-state index in [1.54, 1.807) is 0 Å². The van der Waals surface area contributed by atoms with Crippen LogP contribution in [0.3, 0.4) is 0 Å². The van der Waals surface area contributed by atoms with Crippen LogP contribution in [0.1, 0.15) is 16.7 Å². The molecule has 0 saturated carbocycles. The van der Waals surface area contributed by atoms with Crippen molar-refractivity contribution in [2.75, 3.05) is 0 Å². The average Bonchev–Trinajstić information content (AvgIpc) is 3.16. The predicted octanol–water partition coefficient (Wildman–Crippen LogP) is 10.9. The minimum absolute atomic E-state index is 0.491. The Bertz CT molecular complexity index is 2470. The summed E-state index contributed by atoms with van der Waals surface area (Å²) in [6.07, 6.45) is 4.73. The van der Waals surface area contributed by atoms with Gasteiger partial charge >= 0.3 is 0 Å². The van der Waals surface area contributed by atoms with Crippen LogP contribution in [0.25, 0.3) is 60.4 Å². The molecule has 228 valence electrons. The Morgan fingerprint density at radius 2 is 1.21 bits per heavy atom. The number of rotatable bonds is 7.